The van der Waals surface area contributed by atoms with Crippen LogP contribution in [0.2, 0.25) is 0 Å². The molecule has 0 N–H and O–H groups in total. The van der Waals surface area contributed by atoms with Crippen molar-refractivity contribution in [3.05, 3.63) is 35.9 Å². The number of hydrogen-bond donors (Lipinski definition) is 0. The number of ketones is 1. The van der Waals surface area contributed by atoms with Crippen molar-refractivity contribution in [3.63, 3.8) is 0 Å². The molecule has 0 saturated heterocycles. The van der Waals surface area contributed by atoms with E-state index in [1.54, 1.807) is 29.3 Å². The Labute approximate surface area is 111 Å². The van der Waals surface area contributed by atoms with Gasteiger partial charge in [0.2, 0.25) is 5.95 Å². The molecule has 2 aromatic rings. The minimum atomic E-state index is -0.0214. The summed E-state index contributed by atoms with van der Waals surface area (Å²) in [5.74, 6) is 1.06. The van der Waals surface area contributed by atoms with E-state index in [1.165, 1.54) is 0 Å². The third-order valence-corrected chi connectivity index (χ3v) is 3.25. The molecular formula is C14H16N4O. The summed E-state index contributed by atoms with van der Waals surface area (Å²) in [4.78, 5) is 20.6. The van der Waals surface area contributed by atoms with Crippen LogP contribution in [-0.4, -0.2) is 25.5 Å². The molecular weight excluding hydrogens is 240 g/mol. The molecule has 3 rings (SSSR count). The summed E-state index contributed by atoms with van der Waals surface area (Å²) in [6.07, 6.45) is 7.34. The molecule has 5 heteroatoms. The van der Waals surface area contributed by atoms with E-state index in [-0.39, 0.29) is 11.7 Å². The molecule has 0 aliphatic heterocycles. The first kappa shape index (κ1) is 12.0. The standard InChI is InChI=1S/C14H16N4O/c1-9(2)13(19)11-8-18(14-15-6-3-7-16-14)17-12(11)10-4-5-10/h3,6-10H,4-5H2,1-2H3. The first-order valence-electron chi connectivity index (χ1n) is 6.58. The summed E-state index contributed by atoms with van der Waals surface area (Å²) in [6.45, 7) is 3.82. The second-order valence-corrected chi connectivity index (χ2v) is 5.21. The van der Waals surface area contributed by atoms with Gasteiger partial charge in [0.15, 0.2) is 5.78 Å². The van der Waals surface area contributed by atoms with Crippen LogP contribution >= 0.6 is 0 Å². The number of carbonyl (C=O) groups excluding carboxylic acids is 1. The molecule has 98 valence electrons. The molecule has 1 aliphatic carbocycles. The van der Waals surface area contributed by atoms with Crippen LogP contribution < -0.4 is 0 Å². The van der Waals surface area contributed by atoms with Gasteiger partial charge >= 0.3 is 0 Å². The summed E-state index contributed by atoms with van der Waals surface area (Å²) in [5.41, 5.74) is 1.64. The van der Waals surface area contributed by atoms with E-state index in [0.717, 1.165) is 24.1 Å². The summed E-state index contributed by atoms with van der Waals surface area (Å²) < 4.78 is 1.61. The van der Waals surface area contributed by atoms with Gasteiger partial charge in [0.25, 0.3) is 0 Å². The highest BCUT2D eigenvalue weighted by molar-refractivity contribution is 5.98. The lowest BCUT2D eigenvalue weighted by molar-refractivity contribution is 0.0938. The molecule has 19 heavy (non-hydrogen) atoms. The van der Waals surface area contributed by atoms with Crippen molar-refractivity contribution in [1.29, 1.82) is 0 Å². The van der Waals surface area contributed by atoms with Crippen molar-refractivity contribution in [1.82, 2.24) is 19.7 Å². The quantitative estimate of drug-likeness (QED) is 0.788. The highest BCUT2D eigenvalue weighted by atomic mass is 16.1. The van der Waals surface area contributed by atoms with Gasteiger partial charge in [-0.1, -0.05) is 13.8 Å². The van der Waals surface area contributed by atoms with Crippen LogP contribution in [0.15, 0.2) is 24.7 Å². The maximum Gasteiger partial charge on any atom is 0.250 e. The van der Waals surface area contributed by atoms with Gasteiger partial charge in [0.1, 0.15) is 0 Å². The van der Waals surface area contributed by atoms with Gasteiger partial charge in [0.05, 0.1) is 11.3 Å². The van der Waals surface area contributed by atoms with Gasteiger partial charge in [-0.15, -0.1) is 0 Å². The van der Waals surface area contributed by atoms with Crippen LogP contribution in [-0.2, 0) is 0 Å². The Morgan fingerprint density at radius 3 is 2.58 bits per heavy atom. The van der Waals surface area contributed by atoms with Gasteiger partial charge in [-0.25, -0.2) is 14.6 Å². The molecule has 1 aliphatic rings. The number of Topliss-reactive ketones (excluding diaryl/α,β-unsaturated/α-hetero) is 1. The van der Waals surface area contributed by atoms with Gasteiger partial charge < -0.3 is 0 Å². The zero-order chi connectivity index (χ0) is 13.4. The summed E-state index contributed by atoms with van der Waals surface area (Å²) >= 11 is 0. The number of nitrogens with zero attached hydrogens (tertiary/aromatic N) is 4. The summed E-state index contributed by atoms with van der Waals surface area (Å²) in [6, 6.07) is 1.76. The summed E-state index contributed by atoms with van der Waals surface area (Å²) in [7, 11) is 0. The Kier molecular flexibility index (Phi) is 2.89. The Hall–Kier alpha value is -2.04. The van der Waals surface area contributed by atoms with Crippen LogP contribution in [0.25, 0.3) is 5.95 Å². The van der Waals surface area contributed by atoms with Crippen molar-refractivity contribution in [2.75, 3.05) is 0 Å². The molecule has 0 amide bonds. The van der Waals surface area contributed by atoms with E-state index in [4.69, 9.17) is 0 Å². The Morgan fingerprint density at radius 2 is 2.00 bits per heavy atom. The number of aromatic nitrogens is 4. The molecule has 0 unspecified atom stereocenters. The molecule has 0 radical (unpaired) electrons. The molecule has 5 nitrogen and oxygen atoms in total. The van der Waals surface area contributed by atoms with E-state index in [9.17, 15) is 4.79 Å². The topological polar surface area (TPSA) is 60.7 Å². The zero-order valence-electron chi connectivity index (χ0n) is 11.1. The van der Waals surface area contributed by atoms with Gasteiger partial charge in [-0.2, -0.15) is 5.10 Å². The molecule has 2 aromatic heterocycles. The molecule has 0 atom stereocenters. The first-order valence-corrected chi connectivity index (χ1v) is 6.58. The molecule has 0 aromatic carbocycles. The lowest BCUT2D eigenvalue weighted by Crippen LogP contribution is -2.08. The number of rotatable bonds is 4. The maximum absolute atomic E-state index is 12.2. The zero-order valence-corrected chi connectivity index (χ0v) is 11.1. The van der Waals surface area contributed by atoms with E-state index >= 15 is 0 Å². The van der Waals surface area contributed by atoms with Crippen LogP contribution in [0.5, 0.6) is 0 Å². The third kappa shape index (κ3) is 2.28. The van der Waals surface area contributed by atoms with E-state index in [2.05, 4.69) is 15.1 Å². The van der Waals surface area contributed by atoms with Gasteiger partial charge in [0, 0.05) is 30.4 Å². The number of carbonyl (C=O) groups is 1. The van der Waals surface area contributed by atoms with Crippen molar-refractivity contribution in [2.45, 2.75) is 32.6 Å². The average molecular weight is 256 g/mol. The van der Waals surface area contributed by atoms with Gasteiger partial charge in [-0.3, -0.25) is 4.79 Å². The van der Waals surface area contributed by atoms with Crippen molar-refractivity contribution >= 4 is 5.78 Å². The molecule has 1 saturated carbocycles. The lowest BCUT2D eigenvalue weighted by atomic mass is 10.0. The fraction of sp³-hybridized carbons (Fsp3) is 0.429. The second kappa shape index (κ2) is 4.57. The largest absolute Gasteiger partial charge is 0.294 e. The Balaban J connectivity index is 2.04. The van der Waals surface area contributed by atoms with Crippen LogP contribution in [0.4, 0.5) is 0 Å². The SMILES string of the molecule is CC(C)C(=O)c1cn(-c2ncccn2)nc1C1CC1. The van der Waals surface area contributed by atoms with E-state index in [0.29, 0.717) is 11.9 Å². The fourth-order valence-electron chi connectivity index (χ4n) is 2.06. The Morgan fingerprint density at radius 1 is 1.32 bits per heavy atom. The molecule has 1 fully saturated rings. The molecule has 2 heterocycles. The predicted octanol–water partition coefficient (Wildman–Crippen LogP) is 2.38. The van der Waals surface area contributed by atoms with E-state index < -0.39 is 0 Å². The highest BCUT2D eigenvalue weighted by Crippen LogP contribution is 2.41. The number of hydrogen-bond acceptors (Lipinski definition) is 4. The minimum absolute atomic E-state index is 0.0214. The third-order valence-electron chi connectivity index (χ3n) is 3.25. The first-order chi connectivity index (χ1) is 9.16. The second-order valence-electron chi connectivity index (χ2n) is 5.21. The maximum atomic E-state index is 12.2. The van der Waals surface area contributed by atoms with Crippen molar-refractivity contribution < 1.29 is 4.79 Å². The lowest BCUT2D eigenvalue weighted by Gasteiger charge is -2.02. The van der Waals surface area contributed by atoms with Crippen LogP contribution in [0, 0.1) is 5.92 Å². The van der Waals surface area contributed by atoms with E-state index in [1.807, 2.05) is 13.8 Å². The average Bonchev–Trinajstić information content (AvgIpc) is 3.18. The normalized spacial score (nSPS) is 14.9. The van der Waals surface area contributed by atoms with Crippen molar-refractivity contribution in [2.24, 2.45) is 5.92 Å². The molecule has 0 bridgehead atoms. The Bertz CT molecular complexity index is 599. The van der Waals surface area contributed by atoms with Crippen LogP contribution in [0.3, 0.4) is 0 Å². The van der Waals surface area contributed by atoms with Crippen LogP contribution in [0.1, 0.15) is 48.7 Å². The van der Waals surface area contributed by atoms with Gasteiger partial charge in [-0.05, 0) is 18.9 Å². The smallest absolute Gasteiger partial charge is 0.250 e. The highest BCUT2D eigenvalue weighted by Gasteiger charge is 2.32. The monoisotopic (exact) mass is 256 g/mol. The van der Waals surface area contributed by atoms with Crippen molar-refractivity contribution in [3.8, 4) is 5.95 Å². The minimum Gasteiger partial charge on any atom is -0.294 e. The fourth-order valence-corrected chi connectivity index (χ4v) is 2.06. The molecule has 0 spiro atoms. The predicted molar refractivity (Wildman–Crippen MR) is 70.3 cm³/mol. The summed E-state index contributed by atoms with van der Waals surface area (Å²) in [5, 5.41) is 4.52.